The third kappa shape index (κ3) is 10.3. The van der Waals surface area contributed by atoms with Crippen LogP contribution in [-0.2, 0) is 30.5 Å². The van der Waals surface area contributed by atoms with E-state index in [2.05, 4.69) is 85.4 Å². The molecule has 0 atom stereocenters. The van der Waals surface area contributed by atoms with Crippen molar-refractivity contribution >= 4 is 59.2 Å². The number of carboxylic acids is 2. The van der Waals surface area contributed by atoms with E-state index in [1.807, 2.05) is 48.5 Å². The van der Waals surface area contributed by atoms with Gasteiger partial charge in [-0.05, 0) is 82.3 Å². The molecule has 9 N–H and O–H groups in total. The monoisotopic (exact) mass is 846 g/mol. The SMILES string of the molecule is NNc1ncc(C(=O)O)cc1Cl.O=C(NNc1ncc(C(=O)O)cc1Cl)NC1c2ccccc2CCc2ccccc21.O=CNC1c2ccccc2CCc2ccccc21. The summed E-state index contributed by atoms with van der Waals surface area (Å²) in [6.07, 6.45) is 7.00. The van der Waals surface area contributed by atoms with Crippen molar-refractivity contribution in [1.82, 2.24) is 26.0 Å². The van der Waals surface area contributed by atoms with Crippen LogP contribution < -0.4 is 32.8 Å². The highest BCUT2D eigenvalue weighted by Crippen LogP contribution is 2.33. The maximum atomic E-state index is 12.7. The summed E-state index contributed by atoms with van der Waals surface area (Å²) >= 11 is 11.6. The number of amides is 3. The van der Waals surface area contributed by atoms with Crippen LogP contribution in [0.15, 0.2) is 122 Å². The molecule has 60 heavy (non-hydrogen) atoms. The van der Waals surface area contributed by atoms with Crippen LogP contribution in [0.3, 0.4) is 0 Å². The molecule has 14 nitrogen and oxygen atoms in total. The number of aromatic nitrogens is 2. The summed E-state index contributed by atoms with van der Waals surface area (Å²) in [6.45, 7) is 0. The van der Waals surface area contributed by atoms with Crippen LogP contribution in [0.1, 0.15) is 77.3 Å². The second-order valence-electron chi connectivity index (χ2n) is 13.5. The van der Waals surface area contributed by atoms with Crippen molar-refractivity contribution in [2.45, 2.75) is 37.8 Å². The van der Waals surface area contributed by atoms with E-state index in [1.165, 1.54) is 51.7 Å². The van der Waals surface area contributed by atoms with Gasteiger partial charge < -0.3 is 26.3 Å². The summed E-state index contributed by atoms with van der Waals surface area (Å²) in [5, 5.41) is 23.7. The molecule has 2 aliphatic carbocycles. The lowest BCUT2D eigenvalue weighted by Gasteiger charge is -2.22. The van der Waals surface area contributed by atoms with Gasteiger partial charge in [-0.25, -0.2) is 30.2 Å². The topological polar surface area (TPSA) is 221 Å². The number of hydrogen-bond acceptors (Lipinski definition) is 9. The highest BCUT2D eigenvalue weighted by atomic mass is 35.5. The number of carbonyl (C=O) groups is 4. The molecule has 0 spiro atoms. The fraction of sp³-hybridized carbons (Fsp3) is 0.136. The van der Waals surface area contributed by atoms with Gasteiger partial charge in [-0.3, -0.25) is 15.6 Å². The second-order valence-corrected chi connectivity index (χ2v) is 14.3. The summed E-state index contributed by atoms with van der Waals surface area (Å²) < 4.78 is 0. The van der Waals surface area contributed by atoms with Crippen LogP contribution in [0.2, 0.25) is 10.0 Å². The molecule has 4 aromatic carbocycles. The molecule has 2 aromatic heterocycles. The lowest BCUT2D eigenvalue weighted by atomic mass is 9.95. The fourth-order valence-electron chi connectivity index (χ4n) is 7.04. The van der Waals surface area contributed by atoms with E-state index in [1.54, 1.807) is 0 Å². The summed E-state index contributed by atoms with van der Waals surface area (Å²) in [4.78, 5) is 52.5. The van der Waals surface area contributed by atoms with Crippen molar-refractivity contribution in [2.75, 3.05) is 10.9 Å². The standard InChI is InChI=1S/C22H19ClN4O3.C16H15NO.C6H6ClN3O2/c23-18-11-15(21(28)29)12-24-20(18)26-27-22(30)25-19-16-7-3-1-5-13(16)9-10-14-6-2-4-8-17(14)19;18-11-17-16-14-7-3-1-5-12(14)9-10-13-6-2-4-8-15(13)16;7-4-1-3(6(11)12)2-9-5(4)10-8/h1-8,11-12,19H,9-10H2,(H,24,26)(H,28,29)(H2,25,27,30);1-8,11,16H,9-10H2,(H,17,18);1-2H,8H2,(H,9,10)(H,11,12). The Morgan fingerprint density at radius 2 is 1.00 bits per heavy atom. The zero-order valence-corrected chi connectivity index (χ0v) is 33.4. The highest BCUT2D eigenvalue weighted by molar-refractivity contribution is 6.33. The number of nitrogens with two attached hydrogens (primary N) is 1. The number of carboxylic acid groups (broad SMARTS) is 2. The highest BCUT2D eigenvalue weighted by Gasteiger charge is 2.25. The van der Waals surface area contributed by atoms with E-state index in [4.69, 9.17) is 39.3 Å². The van der Waals surface area contributed by atoms with Crippen molar-refractivity contribution in [3.63, 3.8) is 0 Å². The van der Waals surface area contributed by atoms with Crippen molar-refractivity contribution in [2.24, 2.45) is 5.84 Å². The molecule has 0 radical (unpaired) electrons. The molecule has 0 bridgehead atoms. The average molecular weight is 848 g/mol. The van der Waals surface area contributed by atoms with Crippen LogP contribution in [0.5, 0.6) is 0 Å². The van der Waals surface area contributed by atoms with Gasteiger partial charge in [-0.15, -0.1) is 0 Å². The number of anilines is 2. The third-order valence-electron chi connectivity index (χ3n) is 9.91. The number of aromatic carboxylic acids is 2. The lowest BCUT2D eigenvalue weighted by Crippen LogP contribution is -2.41. The summed E-state index contributed by atoms with van der Waals surface area (Å²) in [6, 6.07) is 34.6. The predicted octanol–water partition coefficient (Wildman–Crippen LogP) is 7.29. The van der Waals surface area contributed by atoms with E-state index < -0.39 is 18.0 Å². The number of nitrogens with one attached hydrogen (secondary N) is 5. The average Bonchev–Trinajstić information content (AvgIpc) is 3.52. The smallest absolute Gasteiger partial charge is 0.337 e. The number of benzene rings is 4. The van der Waals surface area contributed by atoms with Crippen molar-refractivity contribution < 1.29 is 29.4 Å². The lowest BCUT2D eigenvalue weighted by molar-refractivity contribution is -0.110. The molecule has 306 valence electrons. The summed E-state index contributed by atoms with van der Waals surface area (Å²) in [5.74, 6) is 3.23. The number of nitrogen functional groups attached to an aromatic ring is 1. The van der Waals surface area contributed by atoms with E-state index in [9.17, 15) is 19.2 Å². The Bertz CT molecular complexity index is 2430. The van der Waals surface area contributed by atoms with Gasteiger partial charge in [0.1, 0.15) is 0 Å². The van der Waals surface area contributed by atoms with E-state index in [0.29, 0.717) is 0 Å². The van der Waals surface area contributed by atoms with Crippen LogP contribution >= 0.6 is 23.2 Å². The first kappa shape index (κ1) is 42.6. The molecule has 2 heterocycles. The number of hydrazine groups is 2. The predicted molar refractivity (Wildman–Crippen MR) is 229 cm³/mol. The Balaban J connectivity index is 0.000000170. The molecule has 0 unspecified atom stereocenters. The molecule has 8 rings (SSSR count). The van der Waals surface area contributed by atoms with Crippen LogP contribution in [0, 0.1) is 0 Å². The summed E-state index contributed by atoms with van der Waals surface area (Å²) in [7, 11) is 0. The molecule has 0 saturated heterocycles. The Morgan fingerprint density at radius 3 is 1.37 bits per heavy atom. The normalized spacial score (nSPS) is 12.6. The van der Waals surface area contributed by atoms with Gasteiger partial charge in [-0.1, -0.05) is 120 Å². The van der Waals surface area contributed by atoms with Gasteiger partial charge >= 0.3 is 18.0 Å². The molecule has 6 aromatic rings. The molecular formula is C44H40Cl2N8O6. The molecule has 16 heteroatoms. The number of halogens is 2. The number of pyridine rings is 2. The van der Waals surface area contributed by atoms with E-state index >= 15 is 0 Å². The molecule has 0 saturated carbocycles. The van der Waals surface area contributed by atoms with E-state index in [-0.39, 0.29) is 44.9 Å². The van der Waals surface area contributed by atoms with Gasteiger partial charge in [-0.2, -0.15) is 0 Å². The van der Waals surface area contributed by atoms with Crippen LogP contribution in [0.25, 0.3) is 0 Å². The molecular weight excluding hydrogens is 807 g/mol. The first-order chi connectivity index (χ1) is 29.1. The first-order valence-corrected chi connectivity index (χ1v) is 19.4. The minimum atomic E-state index is -1.13. The number of hydrogen-bond donors (Lipinski definition) is 8. The third-order valence-corrected chi connectivity index (χ3v) is 10.5. The Hall–Kier alpha value is -7.00. The van der Waals surface area contributed by atoms with Crippen LogP contribution in [-0.4, -0.2) is 44.6 Å². The molecule has 0 fully saturated rings. The minimum absolute atomic E-state index is 0.0163. The summed E-state index contributed by atoms with van der Waals surface area (Å²) in [5.41, 5.74) is 17.0. The number of fused-ring (bicyclic) bond motifs is 4. The fourth-order valence-corrected chi connectivity index (χ4v) is 7.48. The number of urea groups is 1. The van der Waals surface area contributed by atoms with Crippen molar-refractivity contribution in [3.05, 3.63) is 187 Å². The van der Waals surface area contributed by atoms with Crippen molar-refractivity contribution in [3.8, 4) is 0 Å². The maximum absolute atomic E-state index is 12.7. The molecule has 3 amide bonds. The maximum Gasteiger partial charge on any atom is 0.337 e. The number of nitrogens with zero attached hydrogens (tertiary/aromatic N) is 2. The second kappa shape index (κ2) is 20.1. The number of carbonyl (C=O) groups excluding carboxylic acids is 2. The Labute approximate surface area is 355 Å². The van der Waals surface area contributed by atoms with Crippen molar-refractivity contribution in [1.29, 1.82) is 0 Å². The quantitative estimate of drug-likeness (QED) is 0.0432. The largest absolute Gasteiger partial charge is 0.478 e. The minimum Gasteiger partial charge on any atom is -0.478 e. The zero-order chi connectivity index (χ0) is 42.6. The van der Waals surface area contributed by atoms with Gasteiger partial charge in [0.05, 0.1) is 33.3 Å². The first-order valence-electron chi connectivity index (χ1n) is 18.7. The van der Waals surface area contributed by atoms with Gasteiger partial charge in [0.2, 0.25) is 6.41 Å². The molecule has 2 aliphatic rings. The van der Waals surface area contributed by atoms with Gasteiger partial charge in [0, 0.05) is 12.4 Å². The van der Waals surface area contributed by atoms with Gasteiger partial charge in [0.25, 0.3) is 0 Å². The number of aryl methyl sites for hydroxylation is 4. The Morgan fingerprint density at radius 1 is 0.617 bits per heavy atom. The zero-order valence-electron chi connectivity index (χ0n) is 31.9. The van der Waals surface area contributed by atoms with E-state index in [0.717, 1.165) is 49.4 Å². The van der Waals surface area contributed by atoms with Gasteiger partial charge in [0.15, 0.2) is 11.6 Å². The number of rotatable bonds is 8. The van der Waals surface area contributed by atoms with Crippen LogP contribution in [0.4, 0.5) is 16.4 Å². The molecule has 0 aliphatic heterocycles. The Kier molecular flexibility index (Phi) is 14.3.